The highest BCUT2D eigenvalue weighted by Gasteiger charge is 2.44. The molecule has 0 N–H and O–H groups in total. The Bertz CT molecular complexity index is 378. The van der Waals surface area contributed by atoms with Gasteiger partial charge in [-0.05, 0) is 62.2 Å². The third kappa shape index (κ3) is 5.77. The van der Waals surface area contributed by atoms with Gasteiger partial charge in [0.25, 0.3) is 0 Å². The number of halogens is 2. The summed E-state index contributed by atoms with van der Waals surface area (Å²) < 4.78 is 33.7. The van der Waals surface area contributed by atoms with E-state index in [9.17, 15) is 8.78 Å². The highest BCUT2D eigenvalue weighted by atomic mass is 19.2. The van der Waals surface area contributed by atoms with Crippen molar-refractivity contribution in [3.63, 3.8) is 0 Å². The van der Waals surface area contributed by atoms with Crippen molar-refractivity contribution < 1.29 is 13.5 Å². The Morgan fingerprint density at radius 2 is 1.76 bits per heavy atom. The predicted octanol–water partition coefficient (Wildman–Crippen LogP) is 6.67. The van der Waals surface area contributed by atoms with E-state index < -0.39 is 18.4 Å². The molecule has 25 heavy (non-hydrogen) atoms. The van der Waals surface area contributed by atoms with Gasteiger partial charge < -0.3 is 4.74 Å². The summed E-state index contributed by atoms with van der Waals surface area (Å²) >= 11 is 0. The van der Waals surface area contributed by atoms with Crippen LogP contribution in [0.4, 0.5) is 8.78 Å². The molecule has 0 spiro atoms. The molecule has 2 rings (SSSR count). The average Bonchev–Trinajstić information content (AvgIpc) is 2.64. The monoisotopic (exact) mass is 356 g/mol. The lowest BCUT2D eigenvalue weighted by Crippen LogP contribution is -2.45. The van der Waals surface area contributed by atoms with Gasteiger partial charge in [-0.1, -0.05) is 45.1 Å². The highest BCUT2D eigenvalue weighted by Crippen LogP contribution is 2.43. The minimum Gasteiger partial charge on any atom is -0.378 e. The second-order valence-electron chi connectivity index (χ2n) is 8.40. The summed E-state index contributed by atoms with van der Waals surface area (Å²) in [7, 11) is 1.49. The molecule has 2 saturated carbocycles. The van der Waals surface area contributed by atoms with Gasteiger partial charge in [-0.2, -0.15) is 0 Å². The Labute approximate surface area is 153 Å². The molecule has 3 heteroatoms. The molecule has 0 aromatic rings. The summed E-state index contributed by atoms with van der Waals surface area (Å²) in [4.78, 5) is 0. The van der Waals surface area contributed by atoms with Crippen LogP contribution in [0.15, 0.2) is 12.7 Å². The second kappa shape index (κ2) is 10.6. The van der Waals surface area contributed by atoms with Crippen molar-refractivity contribution in [2.24, 2.45) is 23.7 Å². The largest absolute Gasteiger partial charge is 0.378 e. The van der Waals surface area contributed by atoms with E-state index in [1.165, 1.54) is 52.1 Å². The topological polar surface area (TPSA) is 9.23 Å². The van der Waals surface area contributed by atoms with E-state index >= 15 is 0 Å². The maximum atomic E-state index is 14.5. The lowest BCUT2D eigenvalue weighted by Gasteiger charge is -2.41. The average molecular weight is 357 g/mol. The van der Waals surface area contributed by atoms with Crippen molar-refractivity contribution >= 4 is 0 Å². The van der Waals surface area contributed by atoms with Crippen LogP contribution < -0.4 is 0 Å². The minimum atomic E-state index is -1.43. The normalized spacial score (nSPS) is 37.6. The van der Waals surface area contributed by atoms with Crippen molar-refractivity contribution in [3.05, 3.63) is 12.7 Å². The zero-order valence-corrected chi connectivity index (χ0v) is 16.3. The molecule has 5 atom stereocenters. The summed E-state index contributed by atoms with van der Waals surface area (Å²) in [6.07, 6.45) is 11.1. The van der Waals surface area contributed by atoms with Gasteiger partial charge in [0.05, 0.1) is 6.10 Å². The first-order valence-electron chi connectivity index (χ1n) is 10.5. The van der Waals surface area contributed by atoms with Crippen molar-refractivity contribution in [1.82, 2.24) is 0 Å². The van der Waals surface area contributed by atoms with Crippen LogP contribution in [-0.2, 0) is 4.74 Å². The van der Waals surface area contributed by atoms with Gasteiger partial charge in [-0.25, -0.2) is 8.78 Å². The fraction of sp³-hybridized carbons (Fsp3) is 0.909. The molecule has 0 heterocycles. The van der Waals surface area contributed by atoms with E-state index in [0.29, 0.717) is 18.3 Å². The van der Waals surface area contributed by atoms with Crippen molar-refractivity contribution in [2.75, 3.05) is 7.11 Å². The fourth-order valence-corrected chi connectivity index (χ4v) is 5.18. The fourth-order valence-electron chi connectivity index (χ4n) is 5.18. The first kappa shape index (κ1) is 20.9. The molecule has 0 aromatic carbocycles. The number of rotatable bonds is 9. The molecule has 0 saturated heterocycles. The van der Waals surface area contributed by atoms with E-state index in [1.54, 1.807) is 0 Å². The van der Waals surface area contributed by atoms with Gasteiger partial charge in [0.1, 0.15) is 6.17 Å². The van der Waals surface area contributed by atoms with Crippen LogP contribution in [0.3, 0.4) is 0 Å². The van der Waals surface area contributed by atoms with Crippen LogP contribution in [0.25, 0.3) is 0 Å². The van der Waals surface area contributed by atoms with Gasteiger partial charge in [-0.15, -0.1) is 6.58 Å². The molecular formula is C22H38F2O. The second-order valence-corrected chi connectivity index (χ2v) is 8.40. The Kier molecular flexibility index (Phi) is 8.89. The zero-order chi connectivity index (χ0) is 18.2. The minimum absolute atomic E-state index is 0.0861. The molecule has 0 radical (unpaired) electrons. The third-order valence-electron chi connectivity index (χ3n) is 6.83. The number of hydrogen-bond acceptors (Lipinski definition) is 1. The standard InChI is InChI=1S/C22H38F2O/c1-4-7-16(5-2)8-6-9-17-10-12-18(13-11-17)19-14-15-20(25-3)22(24)21(19)23/h5,16-22H,2,4,6-15H2,1,3H3. The molecule has 0 aliphatic heterocycles. The lowest BCUT2D eigenvalue weighted by molar-refractivity contribution is -0.0720. The maximum absolute atomic E-state index is 14.5. The molecule has 5 unspecified atom stereocenters. The number of ether oxygens (including phenoxy) is 1. The first-order chi connectivity index (χ1) is 12.1. The molecule has 2 fully saturated rings. The Morgan fingerprint density at radius 3 is 2.36 bits per heavy atom. The summed E-state index contributed by atoms with van der Waals surface area (Å²) in [5, 5.41) is 0. The van der Waals surface area contributed by atoms with Gasteiger partial charge in [0.15, 0.2) is 6.17 Å². The summed E-state index contributed by atoms with van der Waals surface area (Å²) in [5.41, 5.74) is 0. The summed E-state index contributed by atoms with van der Waals surface area (Å²) in [5.74, 6) is 1.75. The van der Waals surface area contributed by atoms with Crippen LogP contribution in [0.1, 0.15) is 77.6 Å². The van der Waals surface area contributed by atoms with Crippen LogP contribution in [0.2, 0.25) is 0 Å². The number of hydrogen-bond donors (Lipinski definition) is 0. The summed E-state index contributed by atoms with van der Waals surface area (Å²) in [6, 6.07) is 0. The lowest BCUT2D eigenvalue weighted by atomic mass is 9.68. The smallest absolute Gasteiger partial charge is 0.157 e. The van der Waals surface area contributed by atoms with Crippen LogP contribution in [0.5, 0.6) is 0 Å². The van der Waals surface area contributed by atoms with E-state index in [4.69, 9.17) is 4.74 Å². The quantitative estimate of drug-likeness (QED) is 0.419. The Hall–Kier alpha value is -0.440. The van der Waals surface area contributed by atoms with Gasteiger partial charge in [0, 0.05) is 7.11 Å². The van der Waals surface area contributed by atoms with E-state index in [-0.39, 0.29) is 5.92 Å². The Balaban J connectivity index is 1.70. The number of alkyl halides is 2. The molecule has 146 valence electrons. The van der Waals surface area contributed by atoms with Gasteiger partial charge >= 0.3 is 0 Å². The zero-order valence-electron chi connectivity index (χ0n) is 16.3. The third-order valence-corrected chi connectivity index (χ3v) is 6.83. The van der Waals surface area contributed by atoms with Crippen LogP contribution in [-0.4, -0.2) is 25.6 Å². The molecule has 2 aliphatic rings. The number of allylic oxidation sites excluding steroid dienone is 1. The van der Waals surface area contributed by atoms with E-state index in [1.807, 2.05) is 0 Å². The molecular weight excluding hydrogens is 318 g/mol. The first-order valence-corrected chi connectivity index (χ1v) is 10.5. The van der Waals surface area contributed by atoms with E-state index in [2.05, 4.69) is 19.6 Å². The predicted molar refractivity (Wildman–Crippen MR) is 101 cm³/mol. The van der Waals surface area contributed by atoms with Gasteiger partial charge in [-0.3, -0.25) is 0 Å². The molecule has 2 aliphatic carbocycles. The SMILES string of the molecule is C=CC(CCC)CCCC1CCC(C2CCC(OC)C(F)C2F)CC1. The molecule has 1 nitrogen and oxygen atoms in total. The maximum Gasteiger partial charge on any atom is 0.157 e. The van der Waals surface area contributed by atoms with E-state index in [0.717, 1.165) is 25.2 Å². The van der Waals surface area contributed by atoms with Crippen molar-refractivity contribution in [1.29, 1.82) is 0 Å². The molecule has 0 bridgehead atoms. The Morgan fingerprint density at radius 1 is 1.04 bits per heavy atom. The van der Waals surface area contributed by atoms with Gasteiger partial charge in [0.2, 0.25) is 0 Å². The van der Waals surface area contributed by atoms with Crippen molar-refractivity contribution in [3.8, 4) is 0 Å². The van der Waals surface area contributed by atoms with Crippen molar-refractivity contribution in [2.45, 2.75) is 96.0 Å². The molecule has 0 amide bonds. The molecule has 0 aromatic heterocycles. The highest BCUT2D eigenvalue weighted by molar-refractivity contribution is 4.93. The number of methoxy groups -OCH3 is 1. The van der Waals surface area contributed by atoms with Crippen LogP contribution >= 0.6 is 0 Å². The van der Waals surface area contributed by atoms with Crippen LogP contribution in [0, 0.1) is 23.7 Å². The summed E-state index contributed by atoms with van der Waals surface area (Å²) in [6.45, 7) is 6.19.